The lowest BCUT2D eigenvalue weighted by Gasteiger charge is -2.26. The van der Waals surface area contributed by atoms with Crippen LogP contribution >= 0.6 is 0 Å². The molecule has 2 heterocycles. The van der Waals surface area contributed by atoms with Crippen molar-refractivity contribution in [1.82, 2.24) is 15.5 Å². The molecule has 25 heavy (non-hydrogen) atoms. The van der Waals surface area contributed by atoms with Gasteiger partial charge in [0.1, 0.15) is 11.5 Å². The van der Waals surface area contributed by atoms with E-state index in [1.54, 1.807) is 0 Å². The van der Waals surface area contributed by atoms with E-state index in [9.17, 15) is 9.59 Å². The van der Waals surface area contributed by atoms with E-state index in [0.29, 0.717) is 6.54 Å². The van der Waals surface area contributed by atoms with Crippen LogP contribution in [0.25, 0.3) is 0 Å². The zero-order chi connectivity index (χ0) is 17.6. The molecule has 1 atom stereocenters. The quantitative estimate of drug-likeness (QED) is 0.792. The molecule has 1 aromatic rings. The van der Waals surface area contributed by atoms with E-state index in [0.717, 1.165) is 50.3 Å². The molecule has 0 spiro atoms. The Morgan fingerprint density at radius 3 is 2.52 bits per heavy atom. The van der Waals surface area contributed by atoms with E-state index in [1.807, 2.05) is 19.1 Å². The zero-order valence-corrected chi connectivity index (χ0v) is 15.1. The smallest absolute Gasteiger partial charge is 0.239 e. The highest BCUT2D eigenvalue weighted by molar-refractivity contribution is 5.85. The van der Waals surface area contributed by atoms with Gasteiger partial charge in [-0.25, -0.2) is 0 Å². The lowest BCUT2D eigenvalue weighted by molar-refractivity contribution is -0.128. The summed E-state index contributed by atoms with van der Waals surface area (Å²) < 4.78 is 5.79. The third-order valence-electron chi connectivity index (χ3n) is 5.31. The fourth-order valence-corrected chi connectivity index (χ4v) is 3.87. The first-order chi connectivity index (χ1) is 12.1. The van der Waals surface area contributed by atoms with E-state index in [4.69, 9.17) is 4.42 Å². The van der Waals surface area contributed by atoms with Gasteiger partial charge in [0, 0.05) is 12.5 Å². The van der Waals surface area contributed by atoms with Crippen molar-refractivity contribution >= 4 is 11.8 Å². The topological polar surface area (TPSA) is 74.6 Å². The Bertz CT molecular complexity index is 586. The minimum Gasteiger partial charge on any atom is -0.465 e. The lowest BCUT2D eigenvalue weighted by atomic mass is 10.1. The average molecular weight is 347 g/mol. The molecule has 138 valence electrons. The highest BCUT2D eigenvalue weighted by atomic mass is 16.3. The molecule has 1 aliphatic heterocycles. The van der Waals surface area contributed by atoms with Gasteiger partial charge in [0.2, 0.25) is 11.8 Å². The zero-order valence-electron chi connectivity index (χ0n) is 15.1. The van der Waals surface area contributed by atoms with Gasteiger partial charge in [-0.1, -0.05) is 12.8 Å². The predicted octanol–water partition coefficient (Wildman–Crippen LogP) is 2.15. The van der Waals surface area contributed by atoms with Crippen molar-refractivity contribution in [3.8, 4) is 0 Å². The maximum atomic E-state index is 12.1. The standard InChI is InChI=1S/C19H29N3O3/c1-14-8-9-17(25-14)16(22-10-4-5-11-22)12-20-18(23)13-21-19(24)15-6-2-3-7-15/h8-9,15-16H,2-7,10-13H2,1H3,(H,20,23)(H,21,24). The molecule has 0 radical (unpaired) electrons. The molecule has 6 nitrogen and oxygen atoms in total. The molecule has 1 unspecified atom stereocenters. The number of aryl methyl sites for hydroxylation is 1. The number of likely N-dealkylation sites (tertiary alicyclic amines) is 1. The number of hydrogen-bond donors (Lipinski definition) is 2. The molecule has 3 rings (SSSR count). The Kier molecular flexibility index (Phi) is 6.13. The van der Waals surface area contributed by atoms with Gasteiger partial charge in [0.25, 0.3) is 0 Å². The monoisotopic (exact) mass is 347 g/mol. The van der Waals surface area contributed by atoms with Crippen molar-refractivity contribution < 1.29 is 14.0 Å². The summed E-state index contributed by atoms with van der Waals surface area (Å²) in [6, 6.07) is 4.01. The Labute approximate surface area is 149 Å². The highest BCUT2D eigenvalue weighted by Gasteiger charge is 2.27. The van der Waals surface area contributed by atoms with Gasteiger partial charge in [-0.15, -0.1) is 0 Å². The first-order valence-corrected chi connectivity index (χ1v) is 9.48. The summed E-state index contributed by atoms with van der Waals surface area (Å²) >= 11 is 0. The number of carbonyl (C=O) groups excluding carboxylic acids is 2. The van der Waals surface area contributed by atoms with Crippen molar-refractivity contribution in [3.63, 3.8) is 0 Å². The van der Waals surface area contributed by atoms with Crippen LogP contribution in [0.15, 0.2) is 16.5 Å². The molecular formula is C19H29N3O3. The van der Waals surface area contributed by atoms with Crippen molar-refractivity contribution in [2.45, 2.75) is 51.5 Å². The van der Waals surface area contributed by atoms with Gasteiger partial charge in [0.15, 0.2) is 0 Å². The SMILES string of the molecule is Cc1ccc(C(CNC(=O)CNC(=O)C2CCCC2)N2CCCC2)o1. The van der Waals surface area contributed by atoms with E-state index < -0.39 is 0 Å². The van der Waals surface area contributed by atoms with Crippen LogP contribution in [0, 0.1) is 12.8 Å². The van der Waals surface area contributed by atoms with Gasteiger partial charge in [-0.05, 0) is 57.8 Å². The van der Waals surface area contributed by atoms with Crippen LogP contribution < -0.4 is 10.6 Å². The first kappa shape index (κ1) is 18.0. The molecular weight excluding hydrogens is 318 g/mol. The molecule has 0 aromatic carbocycles. The van der Waals surface area contributed by atoms with Gasteiger partial charge >= 0.3 is 0 Å². The summed E-state index contributed by atoms with van der Waals surface area (Å²) in [6.07, 6.45) is 6.49. The van der Waals surface area contributed by atoms with E-state index in [2.05, 4.69) is 15.5 Å². The summed E-state index contributed by atoms with van der Waals surface area (Å²) in [5.41, 5.74) is 0. The van der Waals surface area contributed by atoms with Gasteiger partial charge in [-0.3, -0.25) is 14.5 Å². The Hall–Kier alpha value is -1.82. The van der Waals surface area contributed by atoms with Crippen LogP contribution in [0.1, 0.15) is 56.1 Å². The fourth-order valence-electron chi connectivity index (χ4n) is 3.87. The molecule has 1 aromatic heterocycles. The summed E-state index contributed by atoms with van der Waals surface area (Å²) in [7, 11) is 0. The summed E-state index contributed by atoms with van der Waals surface area (Å²) in [5, 5.41) is 5.73. The second-order valence-electron chi connectivity index (χ2n) is 7.21. The van der Waals surface area contributed by atoms with Crippen LogP contribution in [0.5, 0.6) is 0 Å². The normalized spacial score (nSPS) is 19.9. The van der Waals surface area contributed by atoms with Gasteiger partial charge in [-0.2, -0.15) is 0 Å². The third kappa shape index (κ3) is 4.84. The number of nitrogens with one attached hydrogen (secondary N) is 2. The number of rotatable bonds is 7. The molecule has 0 bridgehead atoms. The molecule has 2 amide bonds. The Morgan fingerprint density at radius 2 is 1.88 bits per heavy atom. The maximum absolute atomic E-state index is 12.1. The maximum Gasteiger partial charge on any atom is 0.239 e. The lowest BCUT2D eigenvalue weighted by Crippen LogP contribution is -2.42. The number of amides is 2. The number of carbonyl (C=O) groups is 2. The van der Waals surface area contributed by atoms with Crippen molar-refractivity contribution in [3.05, 3.63) is 23.7 Å². The molecule has 2 fully saturated rings. The second kappa shape index (κ2) is 8.52. The Morgan fingerprint density at radius 1 is 1.16 bits per heavy atom. The minimum atomic E-state index is -0.140. The first-order valence-electron chi connectivity index (χ1n) is 9.48. The van der Waals surface area contributed by atoms with Crippen molar-refractivity contribution in [2.75, 3.05) is 26.2 Å². The molecule has 2 N–H and O–H groups in total. The van der Waals surface area contributed by atoms with Crippen molar-refractivity contribution in [1.29, 1.82) is 0 Å². The summed E-state index contributed by atoms with van der Waals surface area (Å²) in [5.74, 6) is 1.75. The molecule has 1 saturated heterocycles. The second-order valence-corrected chi connectivity index (χ2v) is 7.21. The predicted molar refractivity (Wildman–Crippen MR) is 95.0 cm³/mol. The Balaban J connectivity index is 1.48. The van der Waals surface area contributed by atoms with Crippen LogP contribution in [0.4, 0.5) is 0 Å². The number of furan rings is 1. The van der Waals surface area contributed by atoms with Crippen LogP contribution in [-0.4, -0.2) is 42.9 Å². The molecule has 1 aliphatic carbocycles. The van der Waals surface area contributed by atoms with E-state index in [1.165, 1.54) is 12.8 Å². The third-order valence-corrected chi connectivity index (χ3v) is 5.31. The van der Waals surface area contributed by atoms with Crippen molar-refractivity contribution in [2.24, 2.45) is 5.92 Å². The number of hydrogen-bond acceptors (Lipinski definition) is 4. The van der Waals surface area contributed by atoms with Gasteiger partial charge < -0.3 is 15.1 Å². The average Bonchev–Trinajstić information content (AvgIpc) is 3.35. The van der Waals surface area contributed by atoms with Crippen LogP contribution in [0.3, 0.4) is 0 Å². The van der Waals surface area contributed by atoms with Crippen LogP contribution in [-0.2, 0) is 9.59 Å². The fraction of sp³-hybridized carbons (Fsp3) is 0.684. The van der Waals surface area contributed by atoms with E-state index >= 15 is 0 Å². The molecule has 1 saturated carbocycles. The number of nitrogens with zero attached hydrogens (tertiary/aromatic N) is 1. The molecule has 2 aliphatic rings. The summed E-state index contributed by atoms with van der Waals surface area (Å²) in [4.78, 5) is 26.5. The van der Waals surface area contributed by atoms with Gasteiger partial charge in [0.05, 0.1) is 12.6 Å². The van der Waals surface area contributed by atoms with Crippen LogP contribution in [0.2, 0.25) is 0 Å². The van der Waals surface area contributed by atoms with E-state index in [-0.39, 0.29) is 30.3 Å². The molecule has 6 heteroatoms. The largest absolute Gasteiger partial charge is 0.465 e. The minimum absolute atomic E-state index is 0.0189. The summed E-state index contributed by atoms with van der Waals surface area (Å²) in [6.45, 7) is 4.55. The highest BCUT2D eigenvalue weighted by Crippen LogP contribution is 2.26.